The Morgan fingerprint density at radius 3 is 2.64 bits per heavy atom. The lowest BCUT2D eigenvalue weighted by atomic mass is 10.2. The molecule has 4 heteroatoms. The predicted molar refractivity (Wildman–Crippen MR) is 90.9 cm³/mol. The molecule has 4 rings (SSSR count). The van der Waals surface area contributed by atoms with Crippen molar-refractivity contribution in [1.82, 2.24) is 15.0 Å². The van der Waals surface area contributed by atoms with Gasteiger partial charge in [-0.15, -0.1) is 11.8 Å². The van der Waals surface area contributed by atoms with Gasteiger partial charge in [-0.1, -0.05) is 31.0 Å². The van der Waals surface area contributed by atoms with Crippen LogP contribution in [0, 0.1) is 0 Å². The van der Waals surface area contributed by atoms with Crippen molar-refractivity contribution in [1.29, 1.82) is 0 Å². The summed E-state index contributed by atoms with van der Waals surface area (Å²) >= 11 is 1.92. The highest BCUT2D eigenvalue weighted by molar-refractivity contribution is 8.00. The highest BCUT2D eigenvalue weighted by Crippen LogP contribution is 2.37. The summed E-state index contributed by atoms with van der Waals surface area (Å²) < 4.78 is 0. The molecular weight excluding hydrogens is 290 g/mol. The van der Waals surface area contributed by atoms with Gasteiger partial charge in [0, 0.05) is 28.6 Å². The fourth-order valence-electron chi connectivity index (χ4n) is 2.93. The molecule has 1 aromatic carbocycles. The molecule has 0 unspecified atom stereocenters. The van der Waals surface area contributed by atoms with Crippen LogP contribution in [0.3, 0.4) is 0 Å². The summed E-state index contributed by atoms with van der Waals surface area (Å²) in [5.41, 5.74) is 1.98. The summed E-state index contributed by atoms with van der Waals surface area (Å²) in [4.78, 5) is 13.7. The quantitative estimate of drug-likeness (QED) is 0.656. The van der Waals surface area contributed by atoms with Crippen molar-refractivity contribution in [3.63, 3.8) is 0 Å². The van der Waals surface area contributed by atoms with E-state index < -0.39 is 0 Å². The van der Waals surface area contributed by atoms with Crippen molar-refractivity contribution in [3.8, 4) is 11.4 Å². The zero-order valence-electron chi connectivity index (χ0n) is 12.3. The molecule has 1 fully saturated rings. The molecule has 1 aliphatic carbocycles. The van der Waals surface area contributed by atoms with Crippen LogP contribution in [-0.4, -0.2) is 20.2 Å². The number of thioether (sulfide) groups is 1. The molecule has 110 valence electrons. The average Bonchev–Trinajstić information content (AvgIpc) is 3.09. The molecule has 0 aliphatic heterocycles. The molecule has 0 radical (unpaired) electrons. The van der Waals surface area contributed by atoms with E-state index in [-0.39, 0.29) is 0 Å². The predicted octanol–water partition coefficient (Wildman–Crippen LogP) is 4.73. The van der Waals surface area contributed by atoms with Crippen LogP contribution in [0.15, 0.2) is 53.8 Å². The minimum Gasteiger partial charge on any atom is -0.264 e. The second-order valence-corrected chi connectivity index (χ2v) is 6.92. The van der Waals surface area contributed by atoms with Crippen molar-refractivity contribution in [3.05, 3.63) is 48.8 Å². The first kappa shape index (κ1) is 13.7. The summed E-state index contributed by atoms with van der Waals surface area (Å²) in [6.07, 6.45) is 8.88. The van der Waals surface area contributed by atoms with Crippen molar-refractivity contribution >= 4 is 22.7 Å². The number of para-hydroxylation sites is 1. The van der Waals surface area contributed by atoms with Gasteiger partial charge in [0.05, 0.1) is 5.52 Å². The second kappa shape index (κ2) is 6.05. The number of hydrogen-bond donors (Lipinski definition) is 0. The first-order chi connectivity index (χ1) is 10.9. The summed E-state index contributed by atoms with van der Waals surface area (Å²) in [5, 5.41) is 2.96. The van der Waals surface area contributed by atoms with Crippen molar-refractivity contribution < 1.29 is 0 Å². The first-order valence-electron chi connectivity index (χ1n) is 7.74. The lowest BCUT2D eigenvalue weighted by Gasteiger charge is -2.12. The van der Waals surface area contributed by atoms with Crippen LogP contribution in [0.2, 0.25) is 0 Å². The monoisotopic (exact) mass is 307 g/mol. The van der Waals surface area contributed by atoms with Gasteiger partial charge in [-0.2, -0.15) is 0 Å². The first-order valence-corrected chi connectivity index (χ1v) is 8.62. The third-order valence-electron chi connectivity index (χ3n) is 4.07. The normalized spacial score (nSPS) is 15.5. The van der Waals surface area contributed by atoms with Gasteiger partial charge in [0.2, 0.25) is 0 Å². The molecular formula is C18H17N3S. The summed E-state index contributed by atoms with van der Waals surface area (Å²) in [7, 11) is 0. The molecule has 3 nitrogen and oxygen atoms in total. The van der Waals surface area contributed by atoms with E-state index in [9.17, 15) is 0 Å². The summed E-state index contributed by atoms with van der Waals surface area (Å²) in [6, 6.07) is 12.2. The number of fused-ring (bicyclic) bond motifs is 1. The van der Waals surface area contributed by atoms with E-state index in [1.807, 2.05) is 36.2 Å². The van der Waals surface area contributed by atoms with Gasteiger partial charge in [0.1, 0.15) is 5.03 Å². The standard InChI is InChI=1S/C18H17N3S/c1-2-8-14(7-1)22-18-15-9-3-4-10-16(15)20-17(21-18)13-6-5-11-19-12-13/h3-6,9-12,14H,1-2,7-8H2. The molecule has 1 saturated carbocycles. The summed E-state index contributed by atoms with van der Waals surface area (Å²) in [5.74, 6) is 0.771. The van der Waals surface area contributed by atoms with Crippen molar-refractivity contribution in [2.75, 3.05) is 0 Å². The minimum absolute atomic E-state index is 0.694. The van der Waals surface area contributed by atoms with Crippen LogP contribution in [0.1, 0.15) is 25.7 Å². The second-order valence-electron chi connectivity index (χ2n) is 5.64. The molecule has 3 aromatic rings. The molecule has 2 heterocycles. The van der Waals surface area contributed by atoms with Crippen LogP contribution in [0.25, 0.3) is 22.3 Å². The van der Waals surface area contributed by atoms with Crippen LogP contribution in [0.5, 0.6) is 0 Å². The van der Waals surface area contributed by atoms with E-state index in [1.54, 1.807) is 6.20 Å². The highest BCUT2D eigenvalue weighted by Gasteiger charge is 2.19. The fraction of sp³-hybridized carbons (Fsp3) is 0.278. The van der Waals surface area contributed by atoms with E-state index in [0.29, 0.717) is 5.25 Å². The zero-order valence-corrected chi connectivity index (χ0v) is 13.1. The lowest BCUT2D eigenvalue weighted by molar-refractivity contribution is 0.886. The maximum Gasteiger partial charge on any atom is 0.162 e. The molecule has 1 aliphatic rings. The van der Waals surface area contributed by atoms with Crippen LogP contribution < -0.4 is 0 Å². The number of nitrogens with zero attached hydrogens (tertiary/aromatic N) is 3. The van der Waals surface area contributed by atoms with Gasteiger partial charge in [0.25, 0.3) is 0 Å². The third-order valence-corrected chi connectivity index (χ3v) is 5.41. The largest absolute Gasteiger partial charge is 0.264 e. The molecule has 2 aromatic heterocycles. The molecule has 0 atom stereocenters. The number of aromatic nitrogens is 3. The Balaban J connectivity index is 1.82. The molecule has 0 spiro atoms. The number of pyridine rings is 1. The molecule has 22 heavy (non-hydrogen) atoms. The Kier molecular flexibility index (Phi) is 3.77. The van der Waals surface area contributed by atoms with Gasteiger partial charge in [-0.25, -0.2) is 9.97 Å². The number of benzene rings is 1. The van der Waals surface area contributed by atoms with E-state index in [2.05, 4.69) is 23.2 Å². The zero-order chi connectivity index (χ0) is 14.8. The maximum atomic E-state index is 4.85. The fourth-order valence-corrected chi connectivity index (χ4v) is 4.25. The Morgan fingerprint density at radius 1 is 0.955 bits per heavy atom. The molecule has 0 saturated heterocycles. The molecule has 0 amide bonds. The van der Waals surface area contributed by atoms with E-state index in [1.165, 1.54) is 25.7 Å². The average molecular weight is 307 g/mol. The van der Waals surface area contributed by atoms with Crippen molar-refractivity contribution in [2.45, 2.75) is 36.0 Å². The molecule has 0 bridgehead atoms. The van der Waals surface area contributed by atoms with Gasteiger partial charge in [0.15, 0.2) is 5.82 Å². The van der Waals surface area contributed by atoms with Crippen molar-refractivity contribution in [2.24, 2.45) is 0 Å². The van der Waals surface area contributed by atoms with Crippen LogP contribution >= 0.6 is 11.8 Å². The van der Waals surface area contributed by atoms with Gasteiger partial charge in [-0.05, 0) is 31.0 Å². The maximum absolute atomic E-state index is 4.85. The van der Waals surface area contributed by atoms with Gasteiger partial charge >= 0.3 is 0 Å². The number of rotatable bonds is 3. The third kappa shape index (κ3) is 2.71. The van der Waals surface area contributed by atoms with Gasteiger partial charge in [-0.3, -0.25) is 4.98 Å². The van der Waals surface area contributed by atoms with E-state index in [4.69, 9.17) is 9.97 Å². The highest BCUT2D eigenvalue weighted by atomic mass is 32.2. The lowest BCUT2D eigenvalue weighted by Crippen LogP contribution is -1.99. The Bertz CT molecular complexity index is 783. The van der Waals surface area contributed by atoms with Gasteiger partial charge < -0.3 is 0 Å². The smallest absolute Gasteiger partial charge is 0.162 e. The Hall–Kier alpha value is -1.94. The Labute approximate surface area is 134 Å². The topological polar surface area (TPSA) is 38.7 Å². The number of hydrogen-bond acceptors (Lipinski definition) is 4. The Morgan fingerprint density at radius 2 is 1.82 bits per heavy atom. The minimum atomic E-state index is 0.694. The van der Waals surface area contributed by atoms with E-state index in [0.717, 1.165) is 27.3 Å². The van der Waals surface area contributed by atoms with Crippen LogP contribution in [0.4, 0.5) is 0 Å². The SMILES string of the molecule is c1cncc(-c2nc(SC3CCCC3)c3ccccc3n2)c1. The molecule has 0 N–H and O–H groups in total. The van der Waals surface area contributed by atoms with Crippen LogP contribution in [-0.2, 0) is 0 Å². The van der Waals surface area contributed by atoms with E-state index >= 15 is 0 Å². The summed E-state index contributed by atoms with van der Waals surface area (Å²) in [6.45, 7) is 0.